The van der Waals surface area contributed by atoms with Crippen molar-refractivity contribution in [3.05, 3.63) is 78.2 Å². The molecule has 0 aliphatic carbocycles. The second kappa shape index (κ2) is 10.1. The summed E-state index contributed by atoms with van der Waals surface area (Å²) in [4.78, 5) is 26.0. The first-order valence-corrected chi connectivity index (χ1v) is 11.8. The number of nitrogens with zero attached hydrogens (tertiary/aromatic N) is 6. The average Bonchev–Trinajstić information content (AvgIpc) is 3.36. The number of rotatable bonds is 7. The first-order chi connectivity index (χ1) is 17.1. The molecule has 180 valence electrons. The molecule has 2 aromatic heterocycles. The summed E-state index contributed by atoms with van der Waals surface area (Å²) < 4.78 is 7.60. The highest BCUT2D eigenvalue weighted by Crippen LogP contribution is 2.20. The van der Waals surface area contributed by atoms with Crippen molar-refractivity contribution < 1.29 is 9.53 Å². The monoisotopic (exact) mass is 471 g/mol. The Morgan fingerprint density at radius 1 is 1.06 bits per heavy atom. The SMILES string of the molecule is Cc1cc(N2CCN(C(C)C(=O)Nc3ccc(OCc4ccccc4)cc3)CC2)n2ncnc2n1. The molecule has 0 radical (unpaired) electrons. The molecule has 1 aliphatic rings. The molecule has 1 fully saturated rings. The minimum Gasteiger partial charge on any atom is -0.489 e. The fourth-order valence-electron chi connectivity index (χ4n) is 4.26. The number of aromatic nitrogens is 4. The number of amides is 1. The van der Waals surface area contributed by atoms with Crippen molar-refractivity contribution in [3.63, 3.8) is 0 Å². The zero-order valence-electron chi connectivity index (χ0n) is 20.0. The predicted molar refractivity (Wildman–Crippen MR) is 135 cm³/mol. The highest BCUT2D eigenvalue weighted by molar-refractivity contribution is 5.94. The largest absolute Gasteiger partial charge is 0.489 e. The van der Waals surface area contributed by atoms with E-state index in [-0.39, 0.29) is 11.9 Å². The van der Waals surface area contributed by atoms with E-state index >= 15 is 0 Å². The highest BCUT2D eigenvalue weighted by Gasteiger charge is 2.27. The summed E-state index contributed by atoms with van der Waals surface area (Å²) in [6, 6.07) is 19.3. The standard InChI is InChI=1S/C26H29N7O2/c1-19-16-24(33-26(29-19)27-18-28-33)32-14-12-31(13-15-32)20(2)25(34)30-22-8-10-23(11-9-22)35-17-21-6-4-3-5-7-21/h3-11,16,18,20H,12-15,17H2,1-2H3,(H,30,34). The number of carbonyl (C=O) groups excluding carboxylic acids is 1. The number of hydrogen-bond donors (Lipinski definition) is 1. The number of nitrogens with one attached hydrogen (secondary N) is 1. The van der Waals surface area contributed by atoms with Crippen molar-refractivity contribution in [2.24, 2.45) is 0 Å². The maximum absolute atomic E-state index is 12.9. The van der Waals surface area contributed by atoms with E-state index in [1.807, 2.05) is 74.5 Å². The third kappa shape index (κ3) is 5.25. The summed E-state index contributed by atoms with van der Waals surface area (Å²) in [6.45, 7) is 7.57. The lowest BCUT2D eigenvalue weighted by molar-refractivity contribution is -0.120. The van der Waals surface area contributed by atoms with Gasteiger partial charge in [-0.3, -0.25) is 9.69 Å². The van der Waals surface area contributed by atoms with E-state index in [9.17, 15) is 4.79 Å². The number of fused-ring (bicyclic) bond motifs is 1. The second-order valence-electron chi connectivity index (χ2n) is 8.71. The number of carbonyl (C=O) groups is 1. The van der Waals surface area contributed by atoms with Crippen LogP contribution in [0.5, 0.6) is 5.75 Å². The molecule has 0 saturated carbocycles. The molecule has 1 N–H and O–H groups in total. The van der Waals surface area contributed by atoms with E-state index in [1.54, 1.807) is 4.52 Å². The van der Waals surface area contributed by atoms with Crippen molar-refractivity contribution in [2.75, 3.05) is 36.4 Å². The molecular formula is C26H29N7O2. The Bertz CT molecular complexity index is 1280. The summed E-state index contributed by atoms with van der Waals surface area (Å²) >= 11 is 0. The lowest BCUT2D eigenvalue weighted by Crippen LogP contribution is -2.53. The maximum Gasteiger partial charge on any atom is 0.254 e. The Hall–Kier alpha value is -3.98. The molecule has 9 heteroatoms. The molecule has 1 atom stereocenters. The Morgan fingerprint density at radius 3 is 2.54 bits per heavy atom. The van der Waals surface area contributed by atoms with E-state index in [0.29, 0.717) is 12.4 Å². The smallest absolute Gasteiger partial charge is 0.254 e. The van der Waals surface area contributed by atoms with Gasteiger partial charge < -0.3 is 15.0 Å². The molecule has 1 aliphatic heterocycles. The lowest BCUT2D eigenvalue weighted by atomic mass is 10.2. The Balaban J connectivity index is 1.14. The fourth-order valence-corrected chi connectivity index (χ4v) is 4.26. The second-order valence-corrected chi connectivity index (χ2v) is 8.71. The third-order valence-corrected chi connectivity index (χ3v) is 6.30. The van der Waals surface area contributed by atoms with Gasteiger partial charge in [-0.15, -0.1) is 0 Å². The number of piperazine rings is 1. The van der Waals surface area contributed by atoms with Crippen LogP contribution in [-0.2, 0) is 11.4 Å². The zero-order valence-corrected chi connectivity index (χ0v) is 20.0. The molecule has 2 aromatic carbocycles. The molecule has 9 nitrogen and oxygen atoms in total. The molecule has 0 spiro atoms. The van der Waals surface area contributed by atoms with Gasteiger partial charge in [-0.1, -0.05) is 30.3 Å². The normalized spacial score (nSPS) is 15.2. The quantitative estimate of drug-likeness (QED) is 0.443. The van der Waals surface area contributed by atoms with Crippen LogP contribution in [0.25, 0.3) is 5.78 Å². The van der Waals surface area contributed by atoms with Gasteiger partial charge in [0.05, 0.1) is 6.04 Å². The molecule has 5 rings (SSSR count). The molecule has 1 unspecified atom stereocenters. The van der Waals surface area contributed by atoms with Gasteiger partial charge in [-0.05, 0) is 43.7 Å². The van der Waals surface area contributed by atoms with E-state index in [2.05, 4.69) is 30.2 Å². The highest BCUT2D eigenvalue weighted by atomic mass is 16.5. The van der Waals surface area contributed by atoms with Crippen molar-refractivity contribution >= 4 is 23.2 Å². The van der Waals surface area contributed by atoms with E-state index < -0.39 is 0 Å². The van der Waals surface area contributed by atoms with Crippen LogP contribution < -0.4 is 15.0 Å². The molecule has 1 amide bonds. The molecule has 0 bridgehead atoms. The van der Waals surface area contributed by atoms with Crippen LogP contribution in [0.2, 0.25) is 0 Å². The van der Waals surface area contributed by atoms with Gasteiger partial charge in [0, 0.05) is 43.6 Å². The minimum absolute atomic E-state index is 0.0187. The molecule has 1 saturated heterocycles. The number of benzene rings is 2. The Labute approximate surface area is 204 Å². The Morgan fingerprint density at radius 2 is 1.80 bits per heavy atom. The van der Waals surface area contributed by atoms with Gasteiger partial charge in [-0.2, -0.15) is 14.6 Å². The van der Waals surface area contributed by atoms with Gasteiger partial charge in [-0.25, -0.2) is 4.98 Å². The number of anilines is 2. The number of ether oxygens (including phenoxy) is 1. The predicted octanol–water partition coefficient (Wildman–Crippen LogP) is 3.16. The summed E-state index contributed by atoms with van der Waals surface area (Å²) in [6.07, 6.45) is 1.52. The van der Waals surface area contributed by atoms with Crippen molar-refractivity contribution in [3.8, 4) is 5.75 Å². The fraction of sp³-hybridized carbons (Fsp3) is 0.308. The lowest BCUT2D eigenvalue weighted by Gasteiger charge is -2.38. The van der Waals surface area contributed by atoms with Crippen molar-refractivity contribution in [1.82, 2.24) is 24.5 Å². The number of aryl methyl sites for hydroxylation is 1. The maximum atomic E-state index is 12.9. The van der Waals surface area contributed by atoms with Crippen LogP contribution in [0.1, 0.15) is 18.2 Å². The summed E-state index contributed by atoms with van der Waals surface area (Å²) in [5.74, 6) is 2.33. The van der Waals surface area contributed by atoms with Crippen molar-refractivity contribution in [2.45, 2.75) is 26.5 Å². The minimum atomic E-state index is -0.239. The van der Waals surface area contributed by atoms with Gasteiger partial charge in [0.1, 0.15) is 24.5 Å². The number of hydrogen-bond acceptors (Lipinski definition) is 7. The molecule has 4 aromatic rings. The first-order valence-electron chi connectivity index (χ1n) is 11.8. The van der Waals surface area contributed by atoms with Crippen LogP contribution in [0.15, 0.2) is 67.0 Å². The van der Waals surface area contributed by atoms with Crippen LogP contribution in [0, 0.1) is 6.92 Å². The van der Waals surface area contributed by atoms with E-state index in [4.69, 9.17) is 4.74 Å². The van der Waals surface area contributed by atoms with Gasteiger partial charge in [0.2, 0.25) is 5.91 Å². The molecular weight excluding hydrogens is 442 g/mol. The Kier molecular flexibility index (Phi) is 6.58. The van der Waals surface area contributed by atoms with Crippen LogP contribution in [0.4, 0.5) is 11.5 Å². The molecule has 3 heterocycles. The average molecular weight is 472 g/mol. The topological polar surface area (TPSA) is 87.9 Å². The van der Waals surface area contributed by atoms with Gasteiger partial charge >= 0.3 is 0 Å². The zero-order chi connectivity index (χ0) is 24.2. The van der Waals surface area contributed by atoms with Gasteiger partial charge in [0.15, 0.2) is 0 Å². The van der Waals surface area contributed by atoms with Crippen LogP contribution in [0.3, 0.4) is 0 Å². The summed E-state index contributed by atoms with van der Waals surface area (Å²) in [7, 11) is 0. The third-order valence-electron chi connectivity index (χ3n) is 6.30. The van der Waals surface area contributed by atoms with Crippen molar-refractivity contribution in [1.29, 1.82) is 0 Å². The summed E-state index contributed by atoms with van der Waals surface area (Å²) in [5.41, 5.74) is 2.78. The summed E-state index contributed by atoms with van der Waals surface area (Å²) in [5, 5.41) is 7.34. The van der Waals surface area contributed by atoms with E-state index in [1.165, 1.54) is 6.33 Å². The van der Waals surface area contributed by atoms with Gasteiger partial charge in [0.25, 0.3) is 5.78 Å². The van der Waals surface area contributed by atoms with E-state index in [0.717, 1.165) is 54.7 Å². The van der Waals surface area contributed by atoms with Crippen LogP contribution >= 0.6 is 0 Å². The molecule has 35 heavy (non-hydrogen) atoms. The van der Waals surface area contributed by atoms with Crippen LogP contribution in [-0.4, -0.2) is 62.6 Å². The first kappa shape index (κ1) is 22.8.